The Bertz CT molecular complexity index is 742. The molecule has 2 N–H and O–H groups in total. The van der Waals surface area contributed by atoms with E-state index in [1.54, 1.807) is 62.8 Å². The van der Waals surface area contributed by atoms with E-state index >= 15 is 0 Å². The topological polar surface area (TPSA) is 76.7 Å². The maximum absolute atomic E-state index is 12.1. The third-order valence-electron chi connectivity index (χ3n) is 4.15. The maximum Gasteiger partial charge on any atom is 0.224 e. The lowest BCUT2D eigenvalue weighted by atomic mass is 10.0. The van der Waals surface area contributed by atoms with Gasteiger partial charge in [-0.25, -0.2) is 0 Å². The minimum absolute atomic E-state index is 0.0665. The number of anilines is 2. The molecule has 0 saturated carbocycles. The molecule has 0 fully saturated rings. The first kappa shape index (κ1) is 20.3. The van der Waals surface area contributed by atoms with Gasteiger partial charge in [0.15, 0.2) is 0 Å². The van der Waals surface area contributed by atoms with Crippen molar-refractivity contribution in [3.63, 3.8) is 0 Å². The van der Waals surface area contributed by atoms with Crippen LogP contribution in [0.15, 0.2) is 48.5 Å². The molecule has 0 heterocycles. The fraction of sp³-hybridized carbons (Fsp3) is 0.333. The second-order valence-electron chi connectivity index (χ2n) is 6.40. The van der Waals surface area contributed by atoms with Crippen LogP contribution >= 0.6 is 0 Å². The molecule has 6 heteroatoms. The second-order valence-corrected chi connectivity index (χ2v) is 6.40. The van der Waals surface area contributed by atoms with Crippen molar-refractivity contribution in [2.24, 2.45) is 5.92 Å². The highest BCUT2D eigenvalue weighted by molar-refractivity contribution is 5.92. The van der Waals surface area contributed by atoms with Gasteiger partial charge in [0.05, 0.1) is 14.2 Å². The summed E-state index contributed by atoms with van der Waals surface area (Å²) in [6, 6.07) is 14.4. The number of rotatable bonds is 9. The summed E-state index contributed by atoms with van der Waals surface area (Å²) in [5.74, 6) is 1.45. The van der Waals surface area contributed by atoms with Gasteiger partial charge in [-0.3, -0.25) is 9.59 Å². The zero-order valence-corrected chi connectivity index (χ0v) is 16.0. The van der Waals surface area contributed by atoms with Gasteiger partial charge in [-0.2, -0.15) is 0 Å². The van der Waals surface area contributed by atoms with Crippen LogP contribution in [0.4, 0.5) is 11.4 Å². The lowest BCUT2D eigenvalue weighted by Crippen LogP contribution is -2.17. The average molecular weight is 370 g/mol. The zero-order valence-electron chi connectivity index (χ0n) is 16.0. The smallest absolute Gasteiger partial charge is 0.224 e. The van der Waals surface area contributed by atoms with Crippen molar-refractivity contribution in [3.05, 3.63) is 48.5 Å². The van der Waals surface area contributed by atoms with Crippen LogP contribution in [0.2, 0.25) is 0 Å². The van der Waals surface area contributed by atoms with Crippen LogP contribution in [-0.2, 0) is 9.59 Å². The Kier molecular flexibility index (Phi) is 7.67. The molecule has 2 aromatic carbocycles. The number of methoxy groups -OCH3 is 2. The average Bonchev–Trinajstić information content (AvgIpc) is 2.67. The lowest BCUT2D eigenvalue weighted by Gasteiger charge is -2.12. The van der Waals surface area contributed by atoms with E-state index in [2.05, 4.69) is 10.6 Å². The van der Waals surface area contributed by atoms with E-state index in [4.69, 9.17) is 9.47 Å². The first-order chi connectivity index (χ1) is 13.0. The minimum Gasteiger partial charge on any atom is -0.497 e. The Morgan fingerprint density at radius 3 is 1.70 bits per heavy atom. The lowest BCUT2D eigenvalue weighted by molar-refractivity contribution is -0.118. The van der Waals surface area contributed by atoms with Crippen LogP contribution in [0, 0.1) is 5.92 Å². The molecule has 0 aliphatic rings. The quantitative estimate of drug-likeness (QED) is 0.697. The van der Waals surface area contributed by atoms with Gasteiger partial charge in [-0.15, -0.1) is 0 Å². The third-order valence-corrected chi connectivity index (χ3v) is 4.15. The molecule has 144 valence electrons. The summed E-state index contributed by atoms with van der Waals surface area (Å²) in [6.07, 6.45) is 1.36. The number of nitrogens with one attached hydrogen (secondary N) is 2. The van der Waals surface area contributed by atoms with E-state index in [1.165, 1.54) is 0 Å². The highest BCUT2D eigenvalue weighted by Gasteiger charge is 2.12. The van der Waals surface area contributed by atoms with Crippen LogP contribution in [0.5, 0.6) is 11.5 Å². The molecular weight excluding hydrogens is 344 g/mol. The van der Waals surface area contributed by atoms with Crippen molar-refractivity contribution in [3.8, 4) is 11.5 Å². The monoisotopic (exact) mass is 370 g/mol. The van der Waals surface area contributed by atoms with Gasteiger partial charge in [0, 0.05) is 24.2 Å². The summed E-state index contributed by atoms with van der Waals surface area (Å²) in [5.41, 5.74) is 1.45. The number of ether oxygens (including phenoxy) is 2. The summed E-state index contributed by atoms with van der Waals surface area (Å²) in [5, 5.41) is 5.70. The summed E-state index contributed by atoms with van der Waals surface area (Å²) < 4.78 is 10.2. The molecule has 2 aromatic rings. The molecule has 0 aromatic heterocycles. The van der Waals surface area contributed by atoms with Gasteiger partial charge in [-0.1, -0.05) is 6.92 Å². The van der Waals surface area contributed by atoms with Gasteiger partial charge < -0.3 is 20.1 Å². The van der Waals surface area contributed by atoms with Crippen molar-refractivity contribution in [1.29, 1.82) is 0 Å². The van der Waals surface area contributed by atoms with Crippen molar-refractivity contribution in [2.75, 3.05) is 24.9 Å². The summed E-state index contributed by atoms with van der Waals surface area (Å²) in [4.78, 5) is 24.2. The van der Waals surface area contributed by atoms with Gasteiger partial charge in [0.2, 0.25) is 11.8 Å². The SMILES string of the molecule is COc1ccc(NC(=O)CC[C@@H](C)CC(=O)Nc2ccc(OC)cc2)cc1. The second kappa shape index (κ2) is 10.2. The fourth-order valence-electron chi connectivity index (χ4n) is 2.58. The number of hydrogen-bond donors (Lipinski definition) is 2. The first-order valence-corrected chi connectivity index (χ1v) is 8.88. The van der Waals surface area contributed by atoms with E-state index in [1.807, 2.05) is 6.92 Å². The number of amides is 2. The van der Waals surface area contributed by atoms with Crippen molar-refractivity contribution in [2.45, 2.75) is 26.2 Å². The molecule has 0 radical (unpaired) electrons. The molecule has 6 nitrogen and oxygen atoms in total. The van der Waals surface area contributed by atoms with Gasteiger partial charge >= 0.3 is 0 Å². The van der Waals surface area contributed by atoms with Gasteiger partial charge in [0.1, 0.15) is 11.5 Å². The molecule has 0 bridgehead atoms. The number of carbonyl (C=O) groups is 2. The number of hydrogen-bond acceptors (Lipinski definition) is 4. The molecule has 0 unspecified atom stereocenters. The van der Waals surface area contributed by atoms with E-state index in [9.17, 15) is 9.59 Å². The molecule has 0 aliphatic carbocycles. The molecule has 0 aliphatic heterocycles. The molecule has 2 amide bonds. The van der Waals surface area contributed by atoms with Crippen LogP contribution in [0.3, 0.4) is 0 Å². The number of carbonyl (C=O) groups excluding carboxylic acids is 2. The Morgan fingerprint density at radius 2 is 1.26 bits per heavy atom. The molecule has 1 atom stereocenters. The van der Waals surface area contributed by atoms with Crippen molar-refractivity contribution in [1.82, 2.24) is 0 Å². The Balaban J connectivity index is 1.71. The summed E-state index contributed by atoms with van der Waals surface area (Å²) in [7, 11) is 3.19. The Labute approximate surface area is 159 Å². The van der Waals surface area contributed by atoms with E-state index in [0.717, 1.165) is 22.9 Å². The van der Waals surface area contributed by atoms with Crippen molar-refractivity contribution >= 4 is 23.2 Å². The molecule has 0 spiro atoms. The van der Waals surface area contributed by atoms with Gasteiger partial charge in [0.25, 0.3) is 0 Å². The number of benzene rings is 2. The third kappa shape index (κ3) is 7.01. The predicted octanol–water partition coefficient (Wildman–Crippen LogP) is 4.09. The molecule has 2 rings (SSSR count). The normalized spacial score (nSPS) is 11.4. The van der Waals surface area contributed by atoms with E-state index in [-0.39, 0.29) is 17.7 Å². The Morgan fingerprint density at radius 1 is 0.815 bits per heavy atom. The summed E-state index contributed by atoms with van der Waals surface area (Å²) >= 11 is 0. The van der Waals surface area contributed by atoms with Gasteiger partial charge in [-0.05, 0) is 60.9 Å². The maximum atomic E-state index is 12.1. The predicted molar refractivity (Wildman–Crippen MR) is 106 cm³/mol. The van der Waals surface area contributed by atoms with Crippen LogP contribution in [-0.4, -0.2) is 26.0 Å². The van der Waals surface area contributed by atoms with Crippen LogP contribution < -0.4 is 20.1 Å². The van der Waals surface area contributed by atoms with Crippen LogP contribution in [0.25, 0.3) is 0 Å². The van der Waals surface area contributed by atoms with E-state index in [0.29, 0.717) is 19.3 Å². The van der Waals surface area contributed by atoms with E-state index < -0.39 is 0 Å². The summed E-state index contributed by atoms with van der Waals surface area (Å²) in [6.45, 7) is 1.97. The largest absolute Gasteiger partial charge is 0.497 e. The Hall–Kier alpha value is -3.02. The molecule has 27 heavy (non-hydrogen) atoms. The highest BCUT2D eigenvalue weighted by atomic mass is 16.5. The van der Waals surface area contributed by atoms with Crippen molar-refractivity contribution < 1.29 is 19.1 Å². The molecular formula is C21H26N2O4. The zero-order chi connectivity index (χ0) is 19.6. The highest BCUT2D eigenvalue weighted by Crippen LogP contribution is 2.18. The first-order valence-electron chi connectivity index (χ1n) is 8.88. The standard InChI is InChI=1S/C21H26N2O4/c1-15(14-21(25)23-17-7-11-19(27-3)12-8-17)4-13-20(24)22-16-5-9-18(26-2)10-6-16/h5-12,15H,4,13-14H2,1-3H3,(H,22,24)(H,23,25)/t15-/m1/s1. The molecule has 0 saturated heterocycles. The van der Waals surface area contributed by atoms with Crippen LogP contribution in [0.1, 0.15) is 26.2 Å². The fourth-order valence-corrected chi connectivity index (χ4v) is 2.58. The minimum atomic E-state index is -0.0671.